The number of benzene rings is 1. The standard InChI is InChI=1S/C15H20N4O2S/c1-3-7-21-12-6-5-11(8-13(12)20-4-2)9-17-19-15-18-14(16)10-22-15/h5-6,8-10H,3-4,7,16H2,1-2H3,(H,18,19). The van der Waals surface area contributed by atoms with E-state index in [0.717, 1.165) is 23.5 Å². The lowest BCUT2D eigenvalue weighted by Gasteiger charge is -2.11. The molecule has 0 bridgehead atoms. The molecule has 0 atom stereocenters. The SMILES string of the molecule is CCCOc1ccc(C=NNc2nc(N)cs2)cc1OCC. The Kier molecular flexibility index (Phi) is 6.02. The molecule has 7 heteroatoms. The van der Waals surface area contributed by atoms with Gasteiger partial charge in [0.25, 0.3) is 0 Å². The number of aromatic nitrogens is 1. The molecular weight excluding hydrogens is 300 g/mol. The van der Waals surface area contributed by atoms with Crippen molar-refractivity contribution in [1.82, 2.24) is 4.98 Å². The molecule has 0 spiro atoms. The minimum Gasteiger partial charge on any atom is -0.490 e. The summed E-state index contributed by atoms with van der Waals surface area (Å²) in [4.78, 5) is 4.06. The molecule has 0 aliphatic heterocycles. The second-order valence-electron chi connectivity index (χ2n) is 4.44. The minimum atomic E-state index is 0.485. The van der Waals surface area contributed by atoms with E-state index in [-0.39, 0.29) is 0 Å². The van der Waals surface area contributed by atoms with Crippen LogP contribution < -0.4 is 20.6 Å². The van der Waals surface area contributed by atoms with Gasteiger partial charge in [0.15, 0.2) is 11.5 Å². The lowest BCUT2D eigenvalue weighted by atomic mass is 10.2. The van der Waals surface area contributed by atoms with E-state index >= 15 is 0 Å². The van der Waals surface area contributed by atoms with Crippen LogP contribution in [0, 0.1) is 0 Å². The summed E-state index contributed by atoms with van der Waals surface area (Å²) in [5.74, 6) is 1.96. The number of ether oxygens (including phenoxy) is 2. The zero-order chi connectivity index (χ0) is 15.8. The molecule has 0 fully saturated rings. The molecule has 118 valence electrons. The van der Waals surface area contributed by atoms with Gasteiger partial charge in [0.1, 0.15) is 5.82 Å². The summed E-state index contributed by atoms with van der Waals surface area (Å²) in [7, 11) is 0. The third kappa shape index (κ3) is 4.63. The van der Waals surface area contributed by atoms with Crippen LogP contribution in [0.15, 0.2) is 28.7 Å². The summed E-state index contributed by atoms with van der Waals surface area (Å²) in [6.07, 6.45) is 2.65. The molecule has 2 rings (SSSR count). The highest BCUT2D eigenvalue weighted by molar-refractivity contribution is 7.14. The Morgan fingerprint density at radius 3 is 2.86 bits per heavy atom. The number of nitrogen functional groups attached to an aromatic ring is 1. The van der Waals surface area contributed by atoms with Gasteiger partial charge in [0, 0.05) is 5.38 Å². The van der Waals surface area contributed by atoms with Crippen LogP contribution in [0.25, 0.3) is 0 Å². The molecule has 1 heterocycles. The first kappa shape index (κ1) is 16.1. The average molecular weight is 320 g/mol. The number of hydrogen-bond acceptors (Lipinski definition) is 7. The first-order chi connectivity index (χ1) is 10.7. The van der Waals surface area contributed by atoms with Crippen LogP contribution in [0.5, 0.6) is 11.5 Å². The quantitative estimate of drug-likeness (QED) is 0.576. The maximum Gasteiger partial charge on any atom is 0.205 e. The predicted molar refractivity (Wildman–Crippen MR) is 91.1 cm³/mol. The summed E-state index contributed by atoms with van der Waals surface area (Å²) in [6, 6.07) is 5.72. The maximum atomic E-state index is 5.66. The van der Waals surface area contributed by atoms with Gasteiger partial charge in [-0.05, 0) is 37.1 Å². The van der Waals surface area contributed by atoms with E-state index in [2.05, 4.69) is 22.4 Å². The molecule has 3 N–H and O–H groups in total. The van der Waals surface area contributed by atoms with Crippen molar-refractivity contribution in [3.63, 3.8) is 0 Å². The molecule has 1 aromatic heterocycles. The predicted octanol–water partition coefficient (Wildman–Crippen LogP) is 3.36. The first-order valence-electron chi connectivity index (χ1n) is 7.12. The van der Waals surface area contributed by atoms with Crippen LogP contribution in [0.4, 0.5) is 10.9 Å². The van der Waals surface area contributed by atoms with Crippen LogP contribution in [-0.4, -0.2) is 24.4 Å². The fourth-order valence-corrected chi connectivity index (χ4v) is 2.25. The molecule has 0 aliphatic carbocycles. The van der Waals surface area contributed by atoms with E-state index < -0.39 is 0 Å². The largest absolute Gasteiger partial charge is 0.490 e. The van der Waals surface area contributed by atoms with Crippen molar-refractivity contribution in [3.8, 4) is 11.5 Å². The van der Waals surface area contributed by atoms with Gasteiger partial charge in [-0.15, -0.1) is 11.3 Å². The van der Waals surface area contributed by atoms with Crippen LogP contribution in [0.1, 0.15) is 25.8 Å². The van der Waals surface area contributed by atoms with Gasteiger partial charge in [-0.25, -0.2) is 4.98 Å². The van der Waals surface area contributed by atoms with Gasteiger partial charge in [-0.2, -0.15) is 5.10 Å². The van der Waals surface area contributed by atoms with Crippen molar-refractivity contribution in [3.05, 3.63) is 29.1 Å². The van der Waals surface area contributed by atoms with Crippen molar-refractivity contribution in [2.24, 2.45) is 5.10 Å². The van der Waals surface area contributed by atoms with Gasteiger partial charge >= 0.3 is 0 Å². The second kappa shape index (κ2) is 8.23. The van der Waals surface area contributed by atoms with Gasteiger partial charge in [0.05, 0.1) is 19.4 Å². The van der Waals surface area contributed by atoms with Crippen LogP contribution in [0.3, 0.4) is 0 Å². The van der Waals surface area contributed by atoms with Gasteiger partial charge < -0.3 is 15.2 Å². The summed E-state index contributed by atoms with van der Waals surface area (Å²) in [6.45, 7) is 5.26. The van der Waals surface area contributed by atoms with Crippen molar-refractivity contribution < 1.29 is 9.47 Å². The zero-order valence-electron chi connectivity index (χ0n) is 12.7. The van der Waals surface area contributed by atoms with E-state index in [1.165, 1.54) is 11.3 Å². The van der Waals surface area contributed by atoms with E-state index in [4.69, 9.17) is 15.2 Å². The third-order valence-corrected chi connectivity index (χ3v) is 3.39. The van der Waals surface area contributed by atoms with Crippen LogP contribution in [0.2, 0.25) is 0 Å². The van der Waals surface area contributed by atoms with Gasteiger partial charge in [-0.3, -0.25) is 5.43 Å². The van der Waals surface area contributed by atoms with E-state index in [1.54, 1.807) is 11.6 Å². The van der Waals surface area contributed by atoms with Crippen molar-refractivity contribution in [2.45, 2.75) is 20.3 Å². The van der Waals surface area contributed by atoms with Crippen molar-refractivity contribution in [2.75, 3.05) is 24.4 Å². The monoisotopic (exact) mass is 320 g/mol. The number of hydrazone groups is 1. The number of rotatable bonds is 8. The summed E-state index contributed by atoms with van der Waals surface area (Å²) in [5, 5.41) is 6.55. The van der Waals surface area contributed by atoms with Crippen LogP contribution >= 0.6 is 11.3 Å². The van der Waals surface area contributed by atoms with Crippen LogP contribution in [-0.2, 0) is 0 Å². The second-order valence-corrected chi connectivity index (χ2v) is 5.29. The number of nitrogens with one attached hydrogen (secondary N) is 1. The lowest BCUT2D eigenvalue weighted by molar-refractivity contribution is 0.277. The maximum absolute atomic E-state index is 5.66. The molecule has 0 unspecified atom stereocenters. The molecule has 0 aliphatic rings. The molecule has 0 saturated heterocycles. The summed E-state index contributed by atoms with van der Waals surface area (Å²) in [5.41, 5.74) is 9.29. The van der Waals surface area contributed by atoms with Gasteiger partial charge in [-0.1, -0.05) is 6.92 Å². The van der Waals surface area contributed by atoms with Crippen molar-refractivity contribution in [1.29, 1.82) is 0 Å². The average Bonchev–Trinajstić information content (AvgIpc) is 2.92. The fourth-order valence-electron chi connectivity index (χ4n) is 1.70. The Hall–Kier alpha value is -2.28. The number of anilines is 2. The summed E-state index contributed by atoms with van der Waals surface area (Å²) >= 11 is 1.40. The Balaban J connectivity index is 2.05. The van der Waals surface area contributed by atoms with E-state index in [1.807, 2.05) is 25.1 Å². The fraction of sp³-hybridized carbons (Fsp3) is 0.333. The first-order valence-corrected chi connectivity index (χ1v) is 8.00. The Morgan fingerprint density at radius 2 is 2.18 bits per heavy atom. The van der Waals surface area contributed by atoms with E-state index in [9.17, 15) is 0 Å². The highest BCUT2D eigenvalue weighted by Gasteiger charge is 2.05. The molecule has 2 aromatic rings. The smallest absolute Gasteiger partial charge is 0.205 e. The third-order valence-electron chi connectivity index (χ3n) is 2.63. The zero-order valence-corrected chi connectivity index (χ0v) is 13.5. The number of nitrogens with zero attached hydrogens (tertiary/aromatic N) is 2. The molecular formula is C15H20N4O2S. The molecule has 0 saturated carbocycles. The lowest BCUT2D eigenvalue weighted by Crippen LogP contribution is -2.00. The van der Waals surface area contributed by atoms with E-state index in [0.29, 0.717) is 24.2 Å². The van der Waals surface area contributed by atoms with Gasteiger partial charge in [0.2, 0.25) is 5.13 Å². The molecule has 22 heavy (non-hydrogen) atoms. The molecule has 0 radical (unpaired) electrons. The Morgan fingerprint density at radius 1 is 1.32 bits per heavy atom. The summed E-state index contributed by atoms with van der Waals surface area (Å²) < 4.78 is 11.3. The number of thiazole rings is 1. The highest BCUT2D eigenvalue weighted by Crippen LogP contribution is 2.28. The molecule has 0 amide bonds. The van der Waals surface area contributed by atoms with Crippen molar-refractivity contribution >= 4 is 28.5 Å². The molecule has 1 aromatic carbocycles. The number of nitrogens with two attached hydrogens (primary N) is 1. The topological polar surface area (TPSA) is 81.8 Å². The molecule has 6 nitrogen and oxygen atoms in total. The minimum absolute atomic E-state index is 0.485. The highest BCUT2D eigenvalue weighted by atomic mass is 32.1. The Bertz CT molecular complexity index is 628. The number of hydrogen-bond donors (Lipinski definition) is 2. The Labute approximate surface area is 134 Å². The normalized spacial score (nSPS) is 10.8.